The number of carbonyl (C=O) groups excluding carboxylic acids is 1. The van der Waals surface area contributed by atoms with Crippen LogP contribution in [0.2, 0.25) is 0 Å². The van der Waals surface area contributed by atoms with Crippen molar-refractivity contribution in [3.8, 4) is 11.5 Å². The normalized spacial score (nSPS) is 11.4. The summed E-state index contributed by atoms with van der Waals surface area (Å²) in [5, 5.41) is 14.2. The maximum atomic E-state index is 12.7. The van der Waals surface area contributed by atoms with Crippen molar-refractivity contribution in [2.45, 2.75) is 6.18 Å². The van der Waals surface area contributed by atoms with Crippen LogP contribution >= 0.6 is 0 Å². The van der Waals surface area contributed by atoms with Gasteiger partial charge in [0.2, 0.25) is 5.95 Å². The molecule has 0 unspecified atom stereocenters. The second-order valence-corrected chi connectivity index (χ2v) is 6.65. The van der Waals surface area contributed by atoms with E-state index >= 15 is 0 Å². The number of alkyl halides is 3. The van der Waals surface area contributed by atoms with Crippen LogP contribution in [0, 0.1) is 0 Å². The standard InChI is InChI=1S/C21H16F3N5O3/c22-21(23,24)12-1-3-13(4-2-12)26-20-27-16-6-5-14(9-17(16)28-20)32-15-7-8-25-18(10-15)29-19(31)11-30/h1-10,30H,11H2,(H,25,29,31)(H2,26,27,28). The van der Waals surface area contributed by atoms with Crippen molar-refractivity contribution in [3.63, 3.8) is 0 Å². The highest BCUT2D eigenvalue weighted by Gasteiger charge is 2.29. The first-order valence-corrected chi connectivity index (χ1v) is 9.29. The summed E-state index contributed by atoms with van der Waals surface area (Å²) in [5.41, 5.74) is 0.976. The third-order valence-corrected chi connectivity index (χ3v) is 4.31. The maximum absolute atomic E-state index is 12.7. The lowest BCUT2D eigenvalue weighted by molar-refractivity contribution is -0.137. The lowest BCUT2D eigenvalue weighted by Gasteiger charge is -2.08. The summed E-state index contributed by atoms with van der Waals surface area (Å²) < 4.78 is 43.9. The number of ether oxygens (including phenoxy) is 1. The van der Waals surface area contributed by atoms with Gasteiger partial charge in [-0.3, -0.25) is 4.79 Å². The lowest BCUT2D eigenvalue weighted by Crippen LogP contribution is -2.16. The number of amides is 1. The summed E-state index contributed by atoms with van der Waals surface area (Å²) in [7, 11) is 0. The molecule has 2 aromatic carbocycles. The van der Waals surface area contributed by atoms with Crippen LogP contribution in [0.4, 0.5) is 30.6 Å². The summed E-state index contributed by atoms with van der Waals surface area (Å²) in [5.74, 6) is 0.881. The van der Waals surface area contributed by atoms with Gasteiger partial charge in [-0.05, 0) is 42.5 Å². The minimum absolute atomic E-state index is 0.229. The first-order chi connectivity index (χ1) is 15.3. The number of fused-ring (bicyclic) bond motifs is 1. The number of hydrogen-bond donors (Lipinski definition) is 4. The molecular formula is C21H16F3N5O3. The van der Waals surface area contributed by atoms with E-state index in [9.17, 15) is 18.0 Å². The molecule has 11 heteroatoms. The molecule has 8 nitrogen and oxygen atoms in total. The van der Waals surface area contributed by atoms with Crippen LogP contribution in [0.3, 0.4) is 0 Å². The molecule has 32 heavy (non-hydrogen) atoms. The summed E-state index contributed by atoms with van der Waals surface area (Å²) in [6.07, 6.45) is -2.95. The Kier molecular flexibility index (Phi) is 5.65. The zero-order chi connectivity index (χ0) is 22.7. The Hall–Kier alpha value is -4.12. The minimum atomic E-state index is -4.39. The van der Waals surface area contributed by atoms with Crippen molar-refractivity contribution >= 4 is 34.4 Å². The predicted molar refractivity (Wildman–Crippen MR) is 111 cm³/mol. The van der Waals surface area contributed by atoms with Gasteiger partial charge in [-0.25, -0.2) is 9.97 Å². The monoisotopic (exact) mass is 443 g/mol. The molecule has 4 N–H and O–H groups in total. The van der Waals surface area contributed by atoms with Crippen LogP contribution in [0.1, 0.15) is 5.56 Å². The third kappa shape index (κ3) is 4.95. The SMILES string of the molecule is O=C(CO)Nc1cc(Oc2ccc3nc(Nc4ccc(C(F)(F)F)cc4)[nH]c3c2)ccn1. The van der Waals surface area contributed by atoms with E-state index in [1.165, 1.54) is 24.4 Å². The molecule has 0 aliphatic rings. The number of aliphatic hydroxyl groups is 1. The summed E-state index contributed by atoms with van der Waals surface area (Å²) >= 11 is 0. The molecule has 4 rings (SSSR count). The van der Waals surface area contributed by atoms with E-state index < -0.39 is 24.3 Å². The van der Waals surface area contributed by atoms with Gasteiger partial charge >= 0.3 is 6.18 Å². The van der Waals surface area contributed by atoms with Gasteiger partial charge in [0, 0.05) is 24.0 Å². The number of nitrogens with zero attached hydrogens (tertiary/aromatic N) is 2. The van der Waals surface area contributed by atoms with Crippen LogP contribution in [0.25, 0.3) is 11.0 Å². The zero-order valence-electron chi connectivity index (χ0n) is 16.3. The number of anilines is 3. The predicted octanol–water partition coefficient (Wildman–Crippen LogP) is 4.44. The van der Waals surface area contributed by atoms with Gasteiger partial charge in [-0.1, -0.05) is 0 Å². The molecule has 0 radical (unpaired) electrons. The Morgan fingerprint density at radius 3 is 2.53 bits per heavy atom. The van der Waals surface area contributed by atoms with Crippen LogP contribution in [0.15, 0.2) is 60.8 Å². The van der Waals surface area contributed by atoms with E-state index in [4.69, 9.17) is 9.84 Å². The molecular weight excluding hydrogens is 427 g/mol. The highest BCUT2D eigenvalue weighted by molar-refractivity contribution is 5.90. The number of aliphatic hydroxyl groups excluding tert-OH is 1. The Labute approximate surface area is 179 Å². The fraction of sp³-hybridized carbons (Fsp3) is 0.0952. The molecule has 0 saturated carbocycles. The number of halogens is 3. The molecule has 0 aliphatic carbocycles. The van der Waals surface area contributed by atoms with Crippen LogP contribution in [-0.4, -0.2) is 32.6 Å². The average molecular weight is 443 g/mol. The van der Waals surface area contributed by atoms with E-state index in [2.05, 4.69) is 25.6 Å². The molecule has 164 valence electrons. The quantitative estimate of drug-likeness (QED) is 0.351. The molecule has 2 aromatic heterocycles. The second kappa shape index (κ2) is 8.55. The van der Waals surface area contributed by atoms with Gasteiger partial charge in [-0.2, -0.15) is 13.2 Å². The first-order valence-electron chi connectivity index (χ1n) is 9.29. The Morgan fingerprint density at radius 1 is 1.06 bits per heavy atom. The molecule has 0 saturated heterocycles. The molecule has 4 aromatic rings. The molecule has 0 fully saturated rings. The van der Waals surface area contributed by atoms with Gasteiger partial charge in [0.05, 0.1) is 16.6 Å². The van der Waals surface area contributed by atoms with Crippen LogP contribution in [-0.2, 0) is 11.0 Å². The van der Waals surface area contributed by atoms with Crippen molar-refractivity contribution < 1.29 is 27.8 Å². The largest absolute Gasteiger partial charge is 0.457 e. The van der Waals surface area contributed by atoms with Crippen molar-refractivity contribution in [1.29, 1.82) is 0 Å². The molecule has 0 atom stereocenters. The van der Waals surface area contributed by atoms with Crippen molar-refractivity contribution in [2.24, 2.45) is 0 Å². The fourth-order valence-corrected chi connectivity index (χ4v) is 2.85. The zero-order valence-corrected chi connectivity index (χ0v) is 16.3. The number of benzene rings is 2. The molecule has 0 spiro atoms. The highest BCUT2D eigenvalue weighted by atomic mass is 19.4. The maximum Gasteiger partial charge on any atom is 0.416 e. The van der Waals surface area contributed by atoms with Gasteiger partial charge in [0.1, 0.15) is 23.9 Å². The lowest BCUT2D eigenvalue weighted by atomic mass is 10.2. The van der Waals surface area contributed by atoms with E-state index in [1.807, 2.05) is 0 Å². The molecule has 2 heterocycles. The second-order valence-electron chi connectivity index (χ2n) is 6.65. The summed E-state index contributed by atoms with van der Waals surface area (Å²) in [4.78, 5) is 22.6. The Bertz CT molecular complexity index is 1260. The highest BCUT2D eigenvalue weighted by Crippen LogP contribution is 2.31. The van der Waals surface area contributed by atoms with E-state index in [1.54, 1.807) is 24.3 Å². The number of aromatic nitrogens is 3. The van der Waals surface area contributed by atoms with Crippen LogP contribution in [0.5, 0.6) is 11.5 Å². The number of rotatable bonds is 6. The van der Waals surface area contributed by atoms with E-state index in [0.29, 0.717) is 34.2 Å². The van der Waals surface area contributed by atoms with Gasteiger partial charge < -0.3 is 25.5 Å². The van der Waals surface area contributed by atoms with Gasteiger partial charge in [0.25, 0.3) is 5.91 Å². The van der Waals surface area contributed by atoms with Crippen LogP contribution < -0.4 is 15.4 Å². The summed E-state index contributed by atoms with van der Waals surface area (Å²) in [6, 6.07) is 12.8. The average Bonchev–Trinajstić information content (AvgIpc) is 3.15. The van der Waals surface area contributed by atoms with Crippen molar-refractivity contribution in [1.82, 2.24) is 15.0 Å². The van der Waals surface area contributed by atoms with Crippen molar-refractivity contribution in [3.05, 3.63) is 66.4 Å². The fourth-order valence-electron chi connectivity index (χ4n) is 2.85. The number of carbonyl (C=O) groups is 1. The number of imidazole rings is 1. The molecule has 1 amide bonds. The minimum Gasteiger partial charge on any atom is -0.457 e. The third-order valence-electron chi connectivity index (χ3n) is 4.31. The summed E-state index contributed by atoms with van der Waals surface area (Å²) in [6.45, 7) is -0.661. The number of hydrogen-bond acceptors (Lipinski definition) is 6. The molecule has 0 bridgehead atoms. The smallest absolute Gasteiger partial charge is 0.416 e. The van der Waals surface area contributed by atoms with E-state index in [0.717, 1.165) is 12.1 Å². The molecule has 0 aliphatic heterocycles. The number of H-pyrrole nitrogens is 1. The topological polar surface area (TPSA) is 112 Å². The first kappa shape index (κ1) is 21.1. The van der Waals surface area contributed by atoms with E-state index in [-0.39, 0.29) is 5.82 Å². The number of nitrogens with one attached hydrogen (secondary N) is 3. The number of pyridine rings is 1. The van der Waals surface area contributed by atoms with Gasteiger partial charge in [0.15, 0.2) is 0 Å². The van der Waals surface area contributed by atoms with Crippen molar-refractivity contribution in [2.75, 3.05) is 17.2 Å². The number of aromatic amines is 1. The Balaban J connectivity index is 1.48. The Morgan fingerprint density at radius 2 is 1.81 bits per heavy atom. The van der Waals surface area contributed by atoms with Gasteiger partial charge in [-0.15, -0.1) is 0 Å².